The Morgan fingerprint density at radius 2 is 2.40 bits per heavy atom. The highest BCUT2D eigenvalue weighted by molar-refractivity contribution is 5.85. The standard InChI is InChI=1S/C6H12N2O.ClH/c7-3-1-5-2-4-8-6(5)9;/h5H,1-4,7H2,(H,8,9);1H. The van der Waals surface area contributed by atoms with Crippen molar-refractivity contribution in [3.8, 4) is 0 Å². The molecule has 0 spiro atoms. The van der Waals surface area contributed by atoms with Crippen molar-refractivity contribution in [2.45, 2.75) is 12.8 Å². The SMILES string of the molecule is Cl.NCCC1CCNC1=O. The number of carbonyl (C=O) groups excluding carboxylic acids is 1. The molecule has 1 fully saturated rings. The van der Waals surface area contributed by atoms with Gasteiger partial charge in [-0.05, 0) is 19.4 Å². The van der Waals surface area contributed by atoms with Crippen molar-refractivity contribution in [3.63, 3.8) is 0 Å². The van der Waals surface area contributed by atoms with Crippen LogP contribution in [0, 0.1) is 5.92 Å². The van der Waals surface area contributed by atoms with E-state index in [1.807, 2.05) is 0 Å². The first-order valence-electron chi connectivity index (χ1n) is 3.32. The Morgan fingerprint density at radius 1 is 1.70 bits per heavy atom. The molecule has 1 heterocycles. The number of rotatable bonds is 2. The van der Waals surface area contributed by atoms with E-state index >= 15 is 0 Å². The van der Waals surface area contributed by atoms with Crippen molar-refractivity contribution >= 4 is 18.3 Å². The van der Waals surface area contributed by atoms with Gasteiger partial charge in [0.25, 0.3) is 0 Å². The minimum atomic E-state index is 0. The van der Waals surface area contributed by atoms with Gasteiger partial charge in [0, 0.05) is 12.5 Å². The van der Waals surface area contributed by atoms with Crippen molar-refractivity contribution in [3.05, 3.63) is 0 Å². The van der Waals surface area contributed by atoms with Gasteiger partial charge in [0.2, 0.25) is 5.91 Å². The molecule has 3 nitrogen and oxygen atoms in total. The normalized spacial score (nSPS) is 23.7. The van der Waals surface area contributed by atoms with Gasteiger partial charge < -0.3 is 11.1 Å². The average molecular weight is 165 g/mol. The molecule has 1 rings (SSSR count). The molecule has 0 saturated carbocycles. The van der Waals surface area contributed by atoms with Crippen LogP contribution in [0.1, 0.15) is 12.8 Å². The molecule has 1 unspecified atom stereocenters. The first-order valence-corrected chi connectivity index (χ1v) is 3.32. The van der Waals surface area contributed by atoms with E-state index in [2.05, 4.69) is 5.32 Å². The van der Waals surface area contributed by atoms with Crippen molar-refractivity contribution < 1.29 is 4.79 Å². The Kier molecular flexibility index (Phi) is 4.40. The van der Waals surface area contributed by atoms with E-state index in [1.165, 1.54) is 0 Å². The van der Waals surface area contributed by atoms with Crippen LogP contribution >= 0.6 is 12.4 Å². The van der Waals surface area contributed by atoms with Crippen molar-refractivity contribution in [2.75, 3.05) is 13.1 Å². The third-order valence-corrected chi connectivity index (χ3v) is 1.68. The molecule has 10 heavy (non-hydrogen) atoms. The summed E-state index contributed by atoms with van der Waals surface area (Å²) in [5.41, 5.74) is 5.29. The smallest absolute Gasteiger partial charge is 0.223 e. The summed E-state index contributed by atoms with van der Waals surface area (Å²) in [4.78, 5) is 10.8. The van der Waals surface area contributed by atoms with Gasteiger partial charge in [0.1, 0.15) is 0 Å². The van der Waals surface area contributed by atoms with E-state index in [0.29, 0.717) is 6.54 Å². The molecule has 0 aromatic heterocycles. The highest BCUT2D eigenvalue weighted by Gasteiger charge is 2.22. The van der Waals surface area contributed by atoms with E-state index in [0.717, 1.165) is 19.4 Å². The summed E-state index contributed by atoms with van der Waals surface area (Å²) in [7, 11) is 0. The first-order chi connectivity index (χ1) is 4.34. The van der Waals surface area contributed by atoms with Gasteiger partial charge >= 0.3 is 0 Å². The molecule has 60 valence electrons. The third kappa shape index (κ3) is 2.15. The lowest BCUT2D eigenvalue weighted by Crippen LogP contribution is -2.20. The quantitative estimate of drug-likeness (QED) is 0.599. The van der Waals surface area contributed by atoms with Gasteiger partial charge in [-0.15, -0.1) is 12.4 Å². The predicted molar refractivity (Wildman–Crippen MR) is 42.0 cm³/mol. The van der Waals surface area contributed by atoms with Crippen LogP contribution in [0.5, 0.6) is 0 Å². The summed E-state index contributed by atoms with van der Waals surface area (Å²) in [6.07, 6.45) is 1.81. The van der Waals surface area contributed by atoms with E-state index in [4.69, 9.17) is 5.73 Å². The zero-order valence-electron chi connectivity index (χ0n) is 5.80. The summed E-state index contributed by atoms with van der Waals surface area (Å²) in [5.74, 6) is 0.385. The lowest BCUT2D eigenvalue weighted by Gasteiger charge is -2.01. The molecule has 3 N–H and O–H groups in total. The third-order valence-electron chi connectivity index (χ3n) is 1.68. The minimum absolute atomic E-state index is 0. The van der Waals surface area contributed by atoms with Gasteiger partial charge in [0.05, 0.1) is 0 Å². The lowest BCUT2D eigenvalue weighted by atomic mass is 10.1. The molecule has 0 radical (unpaired) electrons. The van der Waals surface area contributed by atoms with Gasteiger partial charge in [0.15, 0.2) is 0 Å². The number of halogens is 1. The molecular weight excluding hydrogens is 152 g/mol. The molecule has 1 atom stereocenters. The Bertz CT molecular complexity index is 118. The van der Waals surface area contributed by atoms with Crippen molar-refractivity contribution in [1.82, 2.24) is 5.32 Å². The zero-order valence-corrected chi connectivity index (χ0v) is 6.62. The summed E-state index contributed by atoms with van der Waals surface area (Å²) in [6, 6.07) is 0. The van der Waals surface area contributed by atoms with Crippen LogP contribution in [0.15, 0.2) is 0 Å². The van der Waals surface area contributed by atoms with Gasteiger partial charge in [-0.2, -0.15) is 0 Å². The number of carbonyl (C=O) groups is 1. The molecule has 4 heteroatoms. The van der Waals surface area contributed by atoms with Crippen LogP contribution in [-0.2, 0) is 4.79 Å². The van der Waals surface area contributed by atoms with Gasteiger partial charge in [-0.3, -0.25) is 4.79 Å². The predicted octanol–water partition coefficient (Wildman–Crippen LogP) is -0.107. The highest BCUT2D eigenvalue weighted by Crippen LogP contribution is 2.11. The molecule has 0 aromatic carbocycles. The molecule has 0 aliphatic carbocycles. The van der Waals surface area contributed by atoms with Gasteiger partial charge in [-0.1, -0.05) is 0 Å². The molecule has 1 aliphatic heterocycles. The van der Waals surface area contributed by atoms with Crippen LogP contribution in [0.2, 0.25) is 0 Å². The molecule has 1 aliphatic rings. The molecule has 1 saturated heterocycles. The van der Waals surface area contributed by atoms with Crippen LogP contribution in [-0.4, -0.2) is 19.0 Å². The number of hydrogen-bond acceptors (Lipinski definition) is 2. The fourth-order valence-electron chi connectivity index (χ4n) is 1.12. The second-order valence-electron chi connectivity index (χ2n) is 2.35. The van der Waals surface area contributed by atoms with Crippen molar-refractivity contribution in [2.24, 2.45) is 11.7 Å². The maximum atomic E-state index is 10.8. The van der Waals surface area contributed by atoms with Crippen LogP contribution in [0.25, 0.3) is 0 Å². The van der Waals surface area contributed by atoms with Gasteiger partial charge in [-0.25, -0.2) is 0 Å². The second-order valence-corrected chi connectivity index (χ2v) is 2.35. The maximum Gasteiger partial charge on any atom is 0.223 e. The minimum Gasteiger partial charge on any atom is -0.356 e. The van der Waals surface area contributed by atoms with Crippen LogP contribution < -0.4 is 11.1 Å². The molecular formula is C6H13ClN2O. The highest BCUT2D eigenvalue weighted by atomic mass is 35.5. The van der Waals surface area contributed by atoms with E-state index in [9.17, 15) is 4.79 Å². The van der Waals surface area contributed by atoms with Crippen LogP contribution in [0.3, 0.4) is 0 Å². The van der Waals surface area contributed by atoms with Crippen molar-refractivity contribution in [1.29, 1.82) is 0 Å². The molecule has 0 bridgehead atoms. The number of nitrogens with two attached hydrogens (primary N) is 1. The maximum absolute atomic E-state index is 10.8. The summed E-state index contributed by atoms with van der Waals surface area (Å²) in [5, 5.41) is 2.76. The lowest BCUT2D eigenvalue weighted by molar-refractivity contribution is -0.122. The summed E-state index contributed by atoms with van der Waals surface area (Å²) >= 11 is 0. The number of nitrogens with one attached hydrogen (secondary N) is 1. The fourth-order valence-corrected chi connectivity index (χ4v) is 1.12. The average Bonchev–Trinajstić information content (AvgIpc) is 2.18. The number of hydrogen-bond donors (Lipinski definition) is 2. The second kappa shape index (κ2) is 4.52. The molecule has 0 aromatic rings. The monoisotopic (exact) mass is 164 g/mol. The fraction of sp³-hybridized carbons (Fsp3) is 0.833. The first kappa shape index (κ1) is 9.72. The zero-order chi connectivity index (χ0) is 6.69. The Hall–Kier alpha value is -0.280. The summed E-state index contributed by atoms with van der Waals surface area (Å²) < 4.78 is 0. The topological polar surface area (TPSA) is 55.1 Å². The van der Waals surface area contributed by atoms with E-state index < -0.39 is 0 Å². The Morgan fingerprint density at radius 3 is 2.80 bits per heavy atom. The molecule has 1 amide bonds. The summed E-state index contributed by atoms with van der Waals surface area (Å²) in [6.45, 7) is 1.46. The largest absolute Gasteiger partial charge is 0.356 e. The van der Waals surface area contributed by atoms with E-state index in [1.54, 1.807) is 0 Å². The van der Waals surface area contributed by atoms with Crippen LogP contribution in [0.4, 0.5) is 0 Å². The Balaban J connectivity index is 0.000000810. The Labute approximate surface area is 66.8 Å². The van der Waals surface area contributed by atoms with E-state index in [-0.39, 0.29) is 24.2 Å². The number of amides is 1.